The molecule has 0 heterocycles. The SMILES string of the molecule is COC(=O)/C(Br)=C(\C)N. The Morgan fingerprint density at radius 1 is 1.67 bits per heavy atom. The quantitative estimate of drug-likeness (QED) is 0.494. The lowest BCUT2D eigenvalue weighted by Gasteiger charge is -1.96. The summed E-state index contributed by atoms with van der Waals surface area (Å²) < 4.78 is 4.63. The van der Waals surface area contributed by atoms with Crippen LogP contribution in [-0.2, 0) is 9.53 Å². The van der Waals surface area contributed by atoms with Crippen LogP contribution in [0, 0.1) is 0 Å². The molecule has 0 saturated carbocycles. The molecule has 0 aromatic carbocycles. The predicted octanol–water partition coefficient (Wildman–Crippen LogP) is 0.744. The molecule has 0 bridgehead atoms. The minimum atomic E-state index is -0.449. The summed E-state index contributed by atoms with van der Waals surface area (Å²) in [4.78, 5) is 10.5. The first-order chi connectivity index (χ1) is 4.09. The molecule has 9 heavy (non-hydrogen) atoms. The topological polar surface area (TPSA) is 52.3 Å². The zero-order valence-electron chi connectivity index (χ0n) is 5.27. The summed E-state index contributed by atoms with van der Waals surface area (Å²) in [6.07, 6.45) is 0. The fraction of sp³-hybridized carbons (Fsp3) is 0.400. The van der Waals surface area contributed by atoms with Gasteiger partial charge in [0.05, 0.1) is 7.11 Å². The van der Waals surface area contributed by atoms with E-state index in [0.717, 1.165) is 0 Å². The number of carbonyl (C=O) groups excluding carboxylic acids is 1. The van der Waals surface area contributed by atoms with Gasteiger partial charge in [-0.1, -0.05) is 0 Å². The van der Waals surface area contributed by atoms with Crippen LogP contribution in [0.1, 0.15) is 6.92 Å². The zero-order chi connectivity index (χ0) is 7.44. The molecular weight excluding hydrogens is 186 g/mol. The van der Waals surface area contributed by atoms with E-state index in [1.54, 1.807) is 6.92 Å². The second kappa shape index (κ2) is 3.50. The highest BCUT2D eigenvalue weighted by molar-refractivity contribution is 9.12. The van der Waals surface area contributed by atoms with Gasteiger partial charge in [-0.15, -0.1) is 0 Å². The maximum absolute atomic E-state index is 10.5. The average Bonchev–Trinajstić information content (AvgIpc) is 1.84. The number of halogens is 1. The van der Waals surface area contributed by atoms with Crippen molar-refractivity contribution in [1.29, 1.82) is 0 Å². The maximum Gasteiger partial charge on any atom is 0.346 e. The number of allylic oxidation sites excluding steroid dienone is 1. The summed E-state index contributed by atoms with van der Waals surface area (Å²) in [5, 5.41) is 0. The van der Waals surface area contributed by atoms with Crippen LogP contribution in [0.2, 0.25) is 0 Å². The van der Waals surface area contributed by atoms with Crippen LogP contribution in [0.5, 0.6) is 0 Å². The standard InChI is InChI=1S/C5H8BrNO2/c1-3(7)4(6)5(8)9-2/h7H2,1-2H3/b4-3-. The fourth-order valence-corrected chi connectivity index (χ4v) is 0.412. The van der Waals surface area contributed by atoms with Crippen molar-refractivity contribution in [3.05, 3.63) is 10.2 Å². The van der Waals surface area contributed by atoms with E-state index in [0.29, 0.717) is 5.70 Å². The van der Waals surface area contributed by atoms with E-state index in [4.69, 9.17) is 5.73 Å². The van der Waals surface area contributed by atoms with Gasteiger partial charge < -0.3 is 10.5 Å². The van der Waals surface area contributed by atoms with Crippen molar-refractivity contribution in [2.24, 2.45) is 5.73 Å². The molecule has 0 atom stereocenters. The number of carbonyl (C=O) groups is 1. The molecule has 0 radical (unpaired) electrons. The monoisotopic (exact) mass is 193 g/mol. The first-order valence-electron chi connectivity index (χ1n) is 2.29. The van der Waals surface area contributed by atoms with Crippen LogP contribution in [-0.4, -0.2) is 13.1 Å². The summed E-state index contributed by atoms with van der Waals surface area (Å²) in [5.41, 5.74) is 5.66. The molecule has 0 aromatic heterocycles. The van der Waals surface area contributed by atoms with Crippen molar-refractivity contribution in [3.63, 3.8) is 0 Å². The Kier molecular flexibility index (Phi) is 3.30. The molecule has 3 nitrogen and oxygen atoms in total. The molecule has 0 aliphatic heterocycles. The van der Waals surface area contributed by atoms with Crippen molar-refractivity contribution in [2.75, 3.05) is 7.11 Å². The molecule has 0 amide bonds. The highest BCUT2D eigenvalue weighted by atomic mass is 79.9. The smallest absolute Gasteiger partial charge is 0.346 e. The van der Waals surface area contributed by atoms with E-state index in [-0.39, 0.29) is 4.48 Å². The number of methoxy groups -OCH3 is 1. The van der Waals surface area contributed by atoms with Gasteiger partial charge in [0.25, 0.3) is 0 Å². The van der Waals surface area contributed by atoms with Crippen LogP contribution >= 0.6 is 15.9 Å². The second-order valence-corrected chi connectivity index (χ2v) is 2.28. The Bertz CT molecular complexity index is 149. The second-order valence-electron chi connectivity index (χ2n) is 1.49. The molecule has 0 saturated heterocycles. The molecule has 0 unspecified atom stereocenters. The Hall–Kier alpha value is -0.510. The number of ether oxygens (including phenoxy) is 1. The van der Waals surface area contributed by atoms with E-state index in [1.807, 2.05) is 0 Å². The van der Waals surface area contributed by atoms with Gasteiger partial charge in [0.1, 0.15) is 4.48 Å². The van der Waals surface area contributed by atoms with Gasteiger partial charge in [0, 0.05) is 5.70 Å². The van der Waals surface area contributed by atoms with Crippen molar-refractivity contribution < 1.29 is 9.53 Å². The van der Waals surface area contributed by atoms with Crippen molar-refractivity contribution in [3.8, 4) is 0 Å². The van der Waals surface area contributed by atoms with Gasteiger partial charge >= 0.3 is 5.97 Å². The molecule has 52 valence electrons. The number of esters is 1. The Balaban J connectivity index is 4.21. The molecule has 4 heteroatoms. The average molecular weight is 194 g/mol. The molecule has 0 rings (SSSR count). The number of hydrogen-bond acceptors (Lipinski definition) is 3. The van der Waals surface area contributed by atoms with Gasteiger partial charge in [-0.25, -0.2) is 4.79 Å². The first kappa shape index (κ1) is 8.49. The molecule has 0 fully saturated rings. The fourth-order valence-electron chi connectivity index (χ4n) is 0.251. The Morgan fingerprint density at radius 3 is 2.22 bits per heavy atom. The Labute approximate surface area is 62.0 Å². The highest BCUT2D eigenvalue weighted by Crippen LogP contribution is 2.08. The number of hydrogen-bond donors (Lipinski definition) is 1. The summed E-state index contributed by atoms with van der Waals surface area (Å²) >= 11 is 2.95. The van der Waals surface area contributed by atoms with E-state index < -0.39 is 5.97 Å². The van der Waals surface area contributed by atoms with E-state index >= 15 is 0 Å². The van der Waals surface area contributed by atoms with Gasteiger partial charge in [-0.3, -0.25) is 0 Å². The third kappa shape index (κ3) is 2.51. The van der Waals surface area contributed by atoms with Crippen LogP contribution in [0.15, 0.2) is 10.2 Å². The maximum atomic E-state index is 10.5. The van der Waals surface area contributed by atoms with Gasteiger partial charge in [-0.2, -0.15) is 0 Å². The summed E-state index contributed by atoms with van der Waals surface area (Å²) in [7, 11) is 1.30. The van der Waals surface area contributed by atoms with Crippen LogP contribution in [0.4, 0.5) is 0 Å². The summed E-state index contributed by atoms with van der Waals surface area (Å²) in [5.74, 6) is -0.449. The van der Waals surface area contributed by atoms with E-state index in [2.05, 4.69) is 20.7 Å². The van der Waals surface area contributed by atoms with Gasteiger partial charge in [0.15, 0.2) is 0 Å². The minimum absolute atomic E-state index is 0.282. The molecule has 0 aliphatic rings. The minimum Gasteiger partial charge on any atom is -0.465 e. The molecule has 0 aliphatic carbocycles. The summed E-state index contributed by atoms with van der Waals surface area (Å²) in [6.45, 7) is 1.61. The highest BCUT2D eigenvalue weighted by Gasteiger charge is 2.05. The zero-order valence-corrected chi connectivity index (χ0v) is 6.86. The normalized spacial score (nSPS) is 12.3. The largest absolute Gasteiger partial charge is 0.465 e. The van der Waals surface area contributed by atoms with E-state index in [9.17, 15) is 4.79 Å². The van der Waals surface area contributed by atoms with Crippen LogP contribution in [0.25, 0.3) is 0 Å². The number of rotatable bonds is 1. The molecule has 0 aromatic rings. The van der Waals surface area contributed by atoms with Crippen LogP contribution in [0.3, 0.4) is 0 Å². The lowest BCUT2D eigenvalue weighted by Crippen LogP contribution is -2.05. The lowest BCUT2D eigenvalue weighted by molar-refractivity contribution is -0.135. The van der Waals surface area contributed by atoms with Crippen LogP contribution < -0.4 is 5.73 Å². The Morgan fingerprint density at radius 2 is 2.11 bits per heavy atom. The first-order valence-corrected chi connectivity index (χ1v) is 3.09. The van der Waals surface area contributed by atoms with Crippen molar-refractivity contribution in [1.82, 2.24) is 0 Å². The summed E-state index contributed by atoms with van der Waals surface area (Å²) in [6, 6.07) is 0. The van der Waals surface area contributed by atoms with Crippen molar-refractivity contribution >= 4 is 21.9 Å². The third-order valence-corrected chi connectivity index (χ3v) is 1.66. The molecule has 2 N–H and O–H groups in total. The third-order valence-electron chi connectivity index (χ3n) is 0.711. The number of nitrogens with two attached hydrogens (primary N) is 1. The molecule has 0 spiro atoms. The van der Waals surface area contributed by atoms with Gasteiger partial charge in [-0.05, 0) is 22.9 Å². The van der Waals surface area contributed by atoms with E-state index in [1.165, 1.54) is 7.11 Å². The lowest BCUT2D eigenvalue weighted by atomic mass is 10.4. The van der Waals surface area contributed by atoms with Crippen molar-refractivity contribution in [2.45, 2.75) is 6.92 Å². The predicted molar refractivity (Wildman–Crippen MR) is 37.8 cm³/mol. The molecular formula is C5H8BrNO2. The van der Waals surface area contributed by atoms with Gasteiger partial charge in [0.2, 0.25) is 0 Å².